The molecule has 0 spiro atoms. The first-order valence-electron chi connectivity index (χ1n) is 11.7. The van der Waals surface area contributed by atoms with E-state index in [2.05, 4.69) is 74.5 Å². The van der Waals surface area contributed by atoms with Gasteiger partial charge < -0.3 is 4.74 Å². The van der Waals surface area contributed by atoms with Crippen LogP contribution in [0.25, 0.3) is 11.1 Å². The Labute approximate surface area is 186 Å². The third kappa shape index (κ3) is 5.25. The minimum Gasteiger partial charge on any atom is -0.458 e. The summed E-state index contributed by atoms with van der Waals surface area (Å²) in [5.41, 5.74) is 8.29. The number of fused-ring (bicyclic) bond motifs is 1. The van der Waals surface area contributed by atoms with E-state index < -0.39 is 0 Å². The highest BCUT2D eigenvalue weighted by Gasteiger charge is 2.26. The first-order valence-corrected chi connectivity index (χ1v) is 11.7. The molecule has 2 heteroatoms. The van der Waals surface area contributed by atoms with Gasteiger partial charge in [-0.15, -0.1) is 0 Å². The molecule has 1 aliphatic rings. The minimum atomic E-state index is -0.161. The summed E-state index contributed by atoms with van der Waals surface area (Å²) in [7, 11) is 0. The summed E-state index contributed by atoms with van der Waals surface area (Å²) in [4.78, 5) is 12.5. The van der Waals surface area contributed by atoms with Gasteiger partial charge in [-0.25, -0.2) is 4.79 Å². The van der Waals surface area contributed by atoms with Crippen molar-refractivity contribution < 1.29 is 9.53 Å². The second kappa shape index (κ2) is 9.96. The number of carbonyl (C=O) groups is 1. The molecule has 2 nitrogen and oxygen atoms in total. The molecule has 0 aromatic heterocycles. The van der Waals surface area contributed by atoms with Crippen molar-refractivity contribution in [3.8, 4) is 11.1 Å². The highest BCUT2D eigenvalue weighted by molar-refractivity contribution is 5.92. The Bertz CT molecular complexity index is 1020. The van der Waals surface area contributed by atoms with Gasteiger partial charge in [-0.1, -0.05) is 87.4 Å². The molecule has 1 unspecified atom stereocenters. The summed E-state index contributed by atoms with van der Waals surface area (Å²) in [6.07, 6.45) is 6.94. The van der Waals surface area contributed by atoms with E-state index in [0.717, 1.165) is 49.7 Å². The third-order valence-electron chi connectivity index (χ3n) is 6.19. The number of cyclic esters (lactones) is 1. The second-order valence-corrected chi connectivity index (χ2v) is 8.66. The Balaban J connectivity index is 1.36. The summed E-state index contributed by atoms with van der Waals surface area (Å²) in [5, 5.41) is 0. The monoisotopic (exact) mass is 412 g/mol. The number of ether oxygens (including phenoxy) is 1. The van der Waals surface area contributed by atoms with Crippen molar-refractivity contribution in [3.63, 3.8) is 0 Å². The molecule has 31 heavy (non-hydrogen) atoms. The van der Waals surface area contributed by atoms with E-state index in [-0.39, 0.29) is 12.1 Å². The zero-order valence-corrected chi connectivity index (χ0v) is 18.7. The topological polar surface area (TPSA) is 26.3 Å². The van der Waals surface area contributed by atoms with Crippen molar-refractivity contribution in [2.45, 2.75) is 64.9 Å². The average molecular weight is 413 g/mol. The molecule has 1 atom stereocenters. The van der Waals surface area contributed by atoms with Crippen LogP contribution in [0.1, 0.15) is 65.7 Å². The number of rotatable bonds is 8. The zero-order chi connectivity index (χ0) is 21.6. The van der Waals surface area contributed by atoms with E-state index in [9.17, 15) is 4.79 Å². The van der Waals surface area contributed by atoms with Crippen LogP contribution in [0.3, 0.4) is 0 Å². The molecule has 0 bridgehead atoms. The van der Waals surface area contributed by atoms with E-state index in [4.69, 9.17) is 4.74 Å². The Morgan fingerprint density at radius 1 is 0.742 bits per heavy atom. The van der Waals surface area contributed by atoms with Crippen LogP contribution < -0.4 is 0 Å². The number of esters is 1. The Kier molecular flexibility index (Phi) is 6.86. The van der Waals surface area contributed by atoms with Gasteiger partial charge in [0.2, 0.25) is 0 Å². The minimum absolute atomic E-state index is 0.0391. The number of carbonyl (C=O) groups excluding carboxylic acids is 1. The van der Waals surface area contributed by atoms with Gasteiger partial charge in [0.25, 0.3) is 0 Å². The first kappa shape index (κ1) is 21.4. The van der Waals surface area contributed by atoms with Gasteiger partial charge in [0.1, 0.15) is 6.10 Å². The van der Waals surface area contributed by atoms with Gasteiger partial charge in [0.15, 0.2) is 0 Å². The lowest BCUT2D eigenvalue weighted by atomic mass is 9.92. The molecule has 3 aromatic rings. The van der Waals surface area contributed by atoms with Crippen LogP contribution >= 0.6 is 0 Å². The molecule has 0 fully saturated rings. The molecule has 0 N–H and O–H groups in total. The average Bonchev–Trinajstić information content (AvgIpc) is 2.79. The summed E-state index contributed by atoms with van der Waals surface area (Å²) < 4.78 is 5.75. The van der Waals surface area contributed by atoms with Crippen molar-refractivity contribution in [2.75, 3.05) is 0 Å². The lowest BCUT2D eigenvalue weighted by Crippen LogP contribution is -2.28. The van der Waals surface area contributed by atoms with E-state index in [1.807, 2.05) is 6.07 Å². The van der Waals surface area contributed by atoms with Crippen LogP contribution in [-0.4, -0.2) is 12.1 Å². The standard InChI is InChI=1S/C29H32O2/c1-3-5-21-7-13-24(14-8-21)25-15-9-22(10-16-25)12-18-27-20-26-17-11-23(6-4-2)19-28(26)29(30)31-27/h7-11,13-17,19,27H,3-6,12,18,20H2,1-2H3. The molecule has 0 aliphatic carbocycles. The quantitative estimate of drug-likeness (QED) is 0.373. The highest BCUT2D eigenvalue weighted by atomic mass is 16.5. The van der Waals surface area contributed by atoms with Crippen molar-refractivity contribution in [2.24, 2.45) is 0 Å². The Morgan fingerprint density at radius 3 is 1.90 bits per heavy atom. The van der Waals surface area contributed by atoms with Crippen LogP contribution in [0.5, 0.6) is 0 Å². The summed E-state index contributed by atoms with van der Waals surface area (Å²) in [6.45, 7) is 4.37. The van der Waals surface area contributed by atoms with E-state index in [1.165, 1.54) is 34.2 Å². The highest BCUT2D eigenvalue weighted by Crippen LogP contribution is 2.26. The fourth-order valence-corrected chi connectivity index (χ4v) is 4.44. The van der Waals surface area contributed by atoms with Crippen LogP contribution in [0, 0.1) is 0 Å². The maximum atomic E-state index is 12.5. The summed E-state index contributed by atoms with van der Waals surface area (Å²) >= 11 is 0. The maximum absolute atomic E-state index is 12.5. The van der Waals surface area contributed by atoms with E-state index in [1.54, 1.807) is 0 Å². The number of hydrogen-bond acceptors (Lipinski definition) is 2. The van der Waals surface area contributed by atoms with Crippen molar-refractivity contribution >= 4 is 5.97 Å². The molecule has 0 radical (unpaired) electrons. The molecule has 4 rings (SSSR count). The molecule has 0 saturated heterocycles. The SMILES string of the molecule is CCCc1ccc(-c2ccc(CCC3Cc4ccc(CCC)cc4C(=O)O3)cc2)cc1. The first-order chi connectivity index (χ1) is 15.2. The second-order valence-electron chi connectivity index (χ2n) is 8.66. The van der Waals surface area contributed by atoms with Crippen LogP contribution in [0.15, 0.2) is 66.7 Å². The smallest absolute Gasteiger partial charge is 0.338 e. The number of aryl methyl sites for hydroxylation is 3. The van der Waals surface area contributed by atoms with Crippen molar-refractivity contribution in [1.82, 2.24) is 0 Å². The number of hydrogen-bond donors (Lipinski definition) is 0. The molecule has 160 valence electrons. The van der Waals surface area contributed by atoms with Crippen molar-refractivity contribution in [3.05, 3.63) is 94.5 Å². The third-order valence-corrected chi connectivity index (χ3v) is 6.19. The van der Waals surface area contributed by atoms with Gasteiger partial charge >= 0.3 is 5.97 Å². The van der Waals surface area contributed by atoms with Gasteiger partial charge in [0.05, 0.1) is 5.56 Å². The lowest BCUT2D eigenvalue weighted by molar-refractivity contribution is 0.0238. The fraction of sp³-hybridized carbons (Fsp3) is 0.345. The van der Waals surface area contributed by atoms with Gasteiger partial charge in [0, 0.05) is 6.42 Å². The van der Waals surface area contributed by atoms with Gasteiger partial charge in [-0.3, -0.25) is 0 Å². The number of benzene rings is 3. The summed E-state index contributed by atoms with van der Waals surface area (Å²) in [6, 6.07) is 24.0. The van der Waals surface area contributed by atoms with Crippen LogP contribution in [0.2, 0.25) is 0 Å². The zero-order valence-electron chi connectivity index (χ0n) is 18.7. The lowest BCUT2D eigenvalue weighted by Gasteiger charge is -2.25. The van der Waals surface area contributed by atoms with Gasteiger partial charge in [-0.2, -0.15) is 0 Å². The van der Waals surface area contributed by atoms with E-state index >= 15 is 0 Å². The molecular formula is C29H32O2. The predicted octanol–water partition coefficient (Wildman–Crippen LogP) is 6.97. The molecular weight excluding hydrogens is 380 g/mol. The van der Waals surface area contributed by atoms with Gasteiger partial charge in [-0.05, 0) is 65.1 Å². The van der Waals surface area contributed by atoms with Crippen LogP contribution in [-0.2, 0) is 30.4 Å². The van der Waals surface area contributed by atoms with Crippen molar-refractivity contribution in [1.29, 1.82) is 0 Å². The molecule has 1 heterocycles. The fourth-order valence-electron chi connectivity index (χ4n) is 4.44. The van der Waals surface area contributed by atoms with E-state index in [0.29, 0.717) is 0 Å². The molecule has 3 aromatic carbocycles. The largest absolute Gasteiger partial charge is 0.458 e. The summed E-state index contributed by atoms with van der Waals surface area (Å²) in [5.74, 6) is -0.161. The Hall–Kier alpha value is -2.87. The molecule has 0 saturated carbocycles. The predicted molar refractivity (Wildman–Crippen MR) is 128 cm³/mol. The maximum Gasteiger partial charge on any atom is 0.338 e. The Morgan fingerprint density at radius 2 is 1.29 bits per heavy atom. The van der Waals surface area contributed by atoms with Crippen LogP contribution in [0.4, 0.5) is 0 Å². The normalized spacial score (nSPS) is 15.4. The molecule has 0 amide bonds. The molecule has 1 aliphatic heterocycles.